The quantitative estimate of drug-likeness (QED) is 0.122. The average Bonchev–Trinajstić information content (AvgIpc) is 3.78. The molecule has 2 aliphatic carbocycles. The van der Waals surface area contributed by atoms with E-state index in [1.165, 1.54) is 7.11 Å². The molecule has 2 aromatic heterocycles. The van der Waals surface area contributed by atoms with E-state index < -0.39 is 35.1 Å². The Balaban J connectivity index is 1.25. The van der Waals surface area contributed by atoms with E-state index in [9.17, 15) is 27.9 Å². The highest BCUT2D eigenvalue weighted by molar-refractivity contribution is 6.36. The number of methoxy groups -OCH3 is 2. The van der Waals surface area contributed by atoms with Crippen LogP contribution in [-0.4, -0.2) is 47.6 Å². The molecule has 2 heterocycles. The maximum atomic E-state index is 14.5. The van der Waals surface area contributed by atoms with Crippen LogP contribution < -0.4 is 19.5 Å². The number of ether oxygens (including phenoxy) is 3. The fourth-order valence-corrected chi connectivity index (χ4v) is 7.81. The Kier molecular flexibility index (Phi) is 12.1. The molecule has 1 fully saturated rings. The van der Waals surface area contributed by atoms with Crippen LogP contribution in [0.15, 0.2) is 54.6 Å². The zero-order valence-corrected chi connectivity index (χ0v) is 32.1. The van der Waals surface area contributed by atoms with Gasteiger partial charge in [0.25, 0.3) is 0 Å². The predicted octanol–water partition coefficient (Wildman–Crippen LogP) is 9.46. The van der Waals surface area contributed by atoms with Crippen molar-refractivity contribution >= 4 is 23.4 Å². The van der Waals surface area contributed by atoms with E-state index in [1.54, 1.807) is 21.0 Å². The Bertz CT molecular complexity index is 2080. The number of aliphatic carboxylic acids is 1. The number of nitrogens with one attached hydrogen (secondary N) is 1. The fourth-order valence-electron chi connectivity index (χ4n) is 7.49. The molecular weight excluding hydrogens is 735 g/mol. The number of nitrogens with zero attached hydrogens (tertiary/aromatic N) is 2. The lowest BCUT2D eigenvalue weighted by atomic mass is 9.82. The maximum absolute atomic E-state index is 14.5. The number of Topliss-reactive ketones (excluding diaryl/α,β-unsaturated/α-hetero) is 1. The summed E-state index contributed by atoms with van der Waals surface area (Å²) >= 11 is 7.12. The number of hydrogen-bond donors (Lipinski definition) is 2. The van der Waals surface area contributed by atoms with Crippen LogP contribution in [0.3, 0.4) is 0 Å². The standard InChI is InChI=1S/C42H45ClF3N3O6/c1-5-41(2,40(51)52)19-18-25-21-33(42(44,45)46)39(49-37(25)53-3)55-35-17-15-29-28(8-6-9-30(29)35)31-10-7-11-32(36(31)43)34-16-13-26(38(48-34)54-4)23-47-22-24-12-14-27(50)20-24/h6-11,13,16,21,24,35,47H,5,12,14-15,17-20,22-23H2,1-4H3,(H,51,52)/t24-,35+,41-/m1/s1. The van der Waals surface area contributed by atoms with Gasteiger partial charge in [0, 0.05) is 41.6 Å². The van der Waals surface area contributed by atoms with Crippen LogP contribution in [0.1, 0.15) is 86.3 Å². The zero-order chi connectivity index (χ0) is 39.5. The molecule has 0 saturated heterocycles. The monoisotopic (exact) mass is 779 g/mol. The fraction of sp³-hybridized carbons (Fsp3) is 0.429. The van der Waals surface area contributed by atoms with Gasteiger partial charge in [-0.3, -0.25) is 9.59 Å². The number of carbonyl (C=O) groups excluding carboxylic acids is 1. The smallest absolute Gasteiger partial charge is 0.421 e. The van der Waals surface area contributed by atoms with Crippen molar-refractivity contribution in [2.24, 2.45) is 11.3 Å². The molecule has 292 valence electrons. The van der Waals surface area contributed by atoms with Gasteiger partial charge < -0.3 is 24.6 Å². The van der Waals surface area contributed by atoms with Crippen molar-refractivity contribution in [3.63, 3.8) is 0 Å². The van der Waals surface area contributed by atoms with Crippen LogP contribution in [0.2, 0.25) is 5.02 Å². The van der Waals surface area contributed by atoms with E-state index in [2.05, 4.69) is 10.3 Å². The highest BCUT2D eigenvalue weighted by atomic mass is 35.5. The maximum Gasteiger partial charge on any atom is 0.421 e. The van der Waals surface area contributed by atoms with Crippen molar-refractivity contribution in [3.8, 4) is 40.0 Å². The van der Waals surface area contributed by atoms with Gasteiger partial charge in [0.05, 0.1) is 30.4 Å². The number of carbonyl (C=O) groups is 2. The van der Waals surface area contributed by atoms with Gasteiger partial charge in [0.2, 0.25) is 17.6 Å². The number of benzene rings is 2. The second kappa shape index (κ2) is 16.6. The van der Waals surface area contributed by atoms with Gasteiger partial charge in [-0.2, -0.15) is 18.2 Å². The second-order valence-corrected chi connectivity index (χ2v) is 14.9. The van der Waals surface area contributed by atoms with E-state index in [-0.39, 0.29) is 24.3 Å². The average molecular weight is 780 g/mol. The molecule has 2 aliphatic rings. The number of aryl methyl sites for hydroxylation is 1. The first kappa shape index (κ1) is 40.0. The van der Waals surface area contributed by atoms with E-state index >= 15 is 0 Å². The first-order valence-corrected chi connectivity index (χ1v) is 18.9. The molecule has 0 spiro atoms. The summed E-state index contributed by atoms with van der Waals surface area (Å²) in [6.45, 7) is 4.58. The molecule has 13 heteroatoms. The third-order valence-corrected chi connectivity index (χ3v) is 11.4. The number of aromatic nitrogens is 2. The molecule has 6 rings (SSSR count). The van der Waals surface area contributed by atoms with Crippen LogP contribution in [0.25, 0.3) is 22.4 Å². The zero-order valence-electron chi connectivity index (χ0n) is 31.3. The number of carboxylic acids is 1. The van der Waals surface area contributed by atoms with Crippen LogP contribution in [0.4, 0.5) is 13.2 Å². The minimum atomic E-state index is -4.79. The van der Waals surface area contributed by atoms with Gasteiger partial charge in [0.15, 0.2) is 0 Å². The summed E-state index contributed by atoms with van der Waals surface area (Å²) < 4.78 is 60.7. The second-order valence-electron chi connectivity index (χ2n) is 14.6. The van der Waals surface area contributed by atoms with Crippen LogP contribution >= 0.6 is 11.6 Å². The normalized spacial score (nSPS) is 17.9. The summed E-state index contributed by atoms with van der Waals surface area (Å²) in [5.74, 6) is -0.533. The molecule has 2 N–H and O–H groups in total. The minimum Gasteiger partial charge on any atom is -0.481 e. The van der Waals surface area contributed by atoms with E-state index in [1.807, 2.05) is 48.5 Å². The van der Waals surface area contributed by atoms with Crippen molar-refractivity contribution in [2.75, 3.05) is 20.8 Å². The van der Waals surface area contributed by atoms with Gasteiger partial charge in [-0.05, 0) is 86.7 Å². The molecule has 9 nitrogen and oxygen atoms in total. The number of ketones is 1. The molecule has 0 unspecified atom stereocenters. The van der Waals surface area contributed by atoms with E-state index in [4.69, 9.17) is 30.8 Å². The van der Waals surface area contributed by atoms with Crippen molar-refractivity contribution in [1.29, 1.82) is 0 Å². The Hall–Kier alpha value is -4.68. The summed E-state index contributed by atoms with van der Waals surface area (Å²) in [7, 11) is 2.88. The number of carboxylic acid groups (broad SMARTS) is 1. The summed E-state index contributed by atoms with van der Waals surface area (Å²) in [5, 5.41) is 13.6. The molecule has 3 atom stereocenters. The molecule has 55 heavy (non-hydrogen) atoms. The van der Waals surface area contributed by atoms with Crippen LogP contribution in [-0.2, 0) is 35.2 Å². The third kappa shape index (κ3) is 8.60. The largest absolute Gasteiger partial charge is 0.481 e. The number of rotatable bonds is 15. The Morgan fingerprint density at radius 3 is 2.33 bits per heavy atom. The number of pyridine rings is 2. The molecule has 2 aromatic carbocycles. The molecular formula is C42H45ClF3N3O6. The third-order valence-electron chi connectivity index (χ3n) is 11.0. The Morgan fingerprint density at radius 1 is 0.945 bits per heavy atom. The first-order valence-electron chi connectivity index (χ1n) is 18.5. The topological polar surface area (TPSA) is 120 Å². The lowest BCUT2D eigenvalue weighted by Crippen LogP contribution is -2.27. The van der Waals surface area contributed by atoms with Crippen LogP contribution in [0, 0.1) is 11.3 Å². The first-order chi connectivity index (χ1) is 26.3. The minimum absolute atomic E-state index is 0.0275. The summed E-state index contributed by atoms with van der Waals surface area (Å²) in [6, 6.07) is 16.1. The number of hydrogen-bond acceptors (Lipinski definition) is 8. The highest BCUT2D eigenvalue weighted by Gasteiger charge is 2.39. The number of halogens is 4. The van der Waals surface area contributed by atoms with Gasteiger partial charge in [-0.1, -0.05) is 61.0 Å². The van der Waals surface area contributed by atoms with Crippen molar-refractivity contribution in [1.82, 2.24) is 15.3 Å². The molecule has 0 bridgehead atoms. The van der Waals surface area contributed by atoms with Gasteiger partial charge in [-0.25, -0.2) is 4.98 Å². The van der Waals surface area contributed by atoms with Gasteiger partial charge >= 0.3 is 12.1 Å². The van der Waals surface area contributed by atoms with Gasteiger partial charge in [0.1, 0.15) is 17.5 Å². The molecule has 0 radical (unpaired) electrons. The lowest BCUT2D eigenvalue weighted by Gasteiger charge is -2.24. The SMILES string of the molecule is CC[C@](C)(CCc1cc(C(F)(F)F)c(O[C@H]2CCc3c(-c4cccc(-c5ccc(CNC[C@@H]6CCC(=O)C6)c(OC)n5)c4Cl)cccc32)nc1OC)C(=O)O. The summed E-state index contributed by atoms with van der Waals surface area (Å²) in [6.07, 6.45) is -1.96. The van der Waals surface area contributed by atoms with Crippen LogP contribution in [0.5, 0.6) is 17.6 Å². The van der Waals surface area contributed by atoms with Crippen molar-refractivity contribution in [2.45, 2.75) is 84.0 Å². The lowest BCUT2D eigenvalue weighted by molar-refractivity contribution is -0.148. The number of fused-ring (bicyclic) bond motifs is 1. The Labute approximate surface area is 323 Å². The number of alkyl halides is 3. The van der Waals surface area contributed by atoms with Crippen molar-refractivity contribution < 1.29 is 42.1 Å². The predicted molar refractivity (Wildman–Crippen MR) is 203 cm³/mol. The summed E-state index contributed by atoms with van der Waals surface area (Å²) in [5.41, 5.74) is 3.41. The Morgan fingerprint density at radius 2 is 1.65 bits per heavy atom. The molecule has 0 aliphatic heterocycles. The summed E-state index contributed by atoms with van der Waals surface area (Å²) in [4.78, 5) is 32.5. The molecule has 4 aromatic rings. The van der Waals surface area contributed by atoms with Gasteiger partial charge in [-0.15, -0.1) is 0 Å². The molecule has 1 saturated carbocycles. The van der Waals surface area contributed by atoms with Crippen molar-refractivity contribution in [3.05, 3.63) is 87.4 Å². The highest BCUT2D eigenvalue weighted by Crippen LogP contribution is 2.46. The molecule has 0 amide bonds. The van der Waals surface area contributed by atoms with E-state index in [0.717, 1.165) is 46.8 Å². The van der Waals surface area contributed by atoms with E-state index in [0.29, 0.717) is 72.5 Å².